The first kappa shape index (κ1) is 15.0. The Morgan fingerprint density at radius 1 is 1.24 bits per heavy atom. The average Bonchev–Trinajstić information content (AvgIpc) is 2.48. The van der Waals surface area contributed by atoms with Crippen molar-refractivity contribution < 1.29 is 13.9 Å². The molecule has 0 heterocycles. The van der Waals surface area contributed by atoms with Gasteiger partial charge < -0.3 is 10.1 Å². The highest BCUT2D eigenvalue weighted by Gasteiger charge is 2.12. The maximum Gasteiger partial charge on any atom is 0.258 e. The molecule has 1 N–H and O–H groups in total. The van der Waals surface area contributed by atoms with Gasteiger partial charge >= 0.3 is 0 Å². The molecular weight excluding hydrogens is 269 g/mol. The summed E-state index contributed by atoms with van der Waals surface area (Å²) >= 11 is 0. The highest BCUT2D eigenvalue weighted by molar-refractivity contribution is 6.04. The maximum absolute atomic E-state index is 13.7. The number of hydrogen-bond acceptors (Lipinski definition) is 2. The van der Waals surface area contributed by atoms with Crippen molar-refractivity contribution in [2.24, 2.45) is 0 Å². The zero-order chi connectivity index (χ0) is 15.2. The second-order valence-corrected chi connectivity index (χ2v) is 4.81. The number of rotatable bonds is 5. The minimum Gasteiger partial charge on any atom is -0.494 e. The Hall–Kier alpha value is -2.36. The van der Waals surface area contributed by atoms with Crippen LogP contribution in [0.5, 0.6) is 5.75 Å². The minimum absolute atomic E-state index is 0.0369. The molecule has 0 aliphatic rings. The highest BCUT2D eigenvalue weighted by atomic mass is 19.1. The molecule has 2 aromatic rings. The second-order valence-electron chi connectivity index (χ2n) is 4.81. The van der Waals surface area contributed by atoms with Gasteiger partial charge in [0.05, 0.1) is 12.2 Å². The lowest BCUT2D eigenvalue weighted by Crippen LogP contribution is -2.14. The van der Waals surface area contributed by atoms with E-state index in [0.717, 1.165) is 12.0 Å². The first-order chi connectivity index (χ1) is 10.1. The van der Waals surface area contributed by atoms with E-state index in [2.05, 4.69) is 5.32 Å². The first-order valence-electron chi connectivity index (χ1n) is 6.90. The van der Waals surface area contributed by atoms with Crippen molar-refractivity contribution in [2.75, 3.05) is 11.9 Å². The number of nitrogens with one attached hydrogen (secondary N) is 1. The molecule has 0 saturated carbocycles. The maximum atomic E-state index is 13.7. The predicted molar refractivity (Wildman–Crippen MR) is 81.3 cm³/mol. The molecule has 0 fully saturated rings. The van der Waals surface area contributed by atoms with Crippen LogP contribution in [-0.4, -0.2) is 12.5 Å². The zero-order valence-corrected chi connectivity index (χ0v) is 12.2. The predicted octanol–water partition coefficient (Wildman–Crippen LogP) is 4.18. The van der Waals surface area contributed by atoms with Crippen LogP contribution in [0.4, 0.5) is 10.1 Å². The molecule has 110 valence electrons. The Morgan fingerprint density at radius 3 is 2.81 bits per heavy atom. The number of benzene rings is 2. The van der Waals surface area contributed by atoms with Gasteiger partial charge in [-0.05, 0) is 37.6 Å². The summed E-state index contributed by atoms with van der Waals surface area (Å²) in [5, 5.41) is 2.68. The number of carbonyl (C=O) groups is 1. The summed E-state index contributed by atoms with van der Waals surface area (Å²) in [5.41, 5.74) is 1.45. The van der Waals surface area contributed by atoms with Crippen molar-refractivity contribution in [1.29, 1.82) is 0 Å². The largest absolute Gasteiger partial charge is 0.494 e. The van der Waals surface area contributed by atoms with Crippen molar-refractivity contribution >= 4 is 11.6 Å². The smallest absolute Gasteiger partial charge is 0.258 e. The van der Waals surface area contributed by atoms with Crippen molar-refractivity contribution in [3.8, 4) is 5.75 Å². The molecule has 2 rings (SSSR count). The summed E-state index contributed by atoms with van der Waals surface area (Å²) in [6.07, 6.45) is 0.908. The van der Waals surface area contributed by atoms with Crippen LogP contribution in [0.1, 0.15) is 29.3 Å². The molecule has 0 radical (unpaired) electrons. The normalized spacial score (nSPS) is 10.2. The fraction of sp³-hybridized carbons (Fsp3) is 0.235. The highest BCUT2D eigenvalue weighted by Crippen LogP contribution is 2.19. The van der Waals surface area contributed by atoms with Crippen molar-refractivity contribution in [3.63, 3.8) is 0 Å². The van der Waals surface area contributed by atoms with Crippen LogP contribution in [0.15, 0.2) is 42.5 Å². The monoisotopic (exact) mass is 287 g/mol. The molecule has 0 atom stereocenters. The summed E-state index contributed by atoms with van der Waals surface area (Å²) in [7, 11) is 0. The summed E-state index contributed by atoms with van der Waals surface area (Å²) in [5.74, 6) is -0.320. The summed E-state index contributed by atoms with van der Waals surface area (Å²) in [4.78, 5) is 12.1. The minimum atomic E-state index is -0.531. The van der Waals surface area contributed by atoms with Gasteiger partial charge in [0, 0.05) is 11.8 Å². The van der Waals surface area contributed by atoms with Crippen LogP contribution in [0.3, 0.4) is 0 Å². The topological polar surface area (TPSA) is 38.3 Å². The summed E-state index contributed by atoms with van der Waals surface area (Å²) in [6.45, 7) is 4.45. The molecule has 0 saturated heterocycles. The molecule has 0 aliphatic heterocycles. The number of amides is 1. The number of anilines is 1. The first-order valence-corrected chi connectivity index (χ1v) is 6.90. The Morgan fingerprint density at radius 2 is 2.05 bits per heavy atom. The van der Waals surface area contributed by atoms with E-state index < -0.39 is 11.7 Å². The van der Waals surface area contributed by atoms with Gasteiger partial charge in [-0.3, -0.25) is 4.79 Å². The fourth-order valence-corrected chi connectivity index (χ4v) is 1.90. The molecule has 3 nitrogen and oxygen atoms in total. The molecule has 21 heavy (non-hydrogen) atoms. The Kier molecular flexibility index (Phi) is 4.93. The van der Waals surface area contributed by atoms with Gasteiger partial charge in [0.2, 0.25) is 0 Å². The van der Waals surface area contributed by atoms with Crippen LogP contribution in [0, 0.1) is 12.7 Å². The molecule has 0 unspecified atom stereocenters. The van der Waals surface area contributed by atoms with E-state index in [9.17, 15) is 9.18 Å². The third-order valence-electron chi connectivity index (χ3n) is 2.93. The lowest BCUT2D eigenvalue weighted by Gasteiger charge is -2.09. The quantitative estimate of drug-likeness (QED) is 0.896. The van der Waals surface area contributed by atoms with E-state index in [0.29, 0.717) is 18.0 Å². The van der Waals surface area contributed by atoms with Gasteiger partial charge in [-0.1, -0.05) is 24.6 Å². The van der Waals surface area contributed by atoms with Gasteiger partial charge in [-0.2, -0.15) is 0 Å². The molecule has 1 amide bonds. The van der Waals surface area contributed by atoms with Gasteiger partial charge in [0.1, 0.15) is 11.6 Å². The molecular formula is C17H18FNO2. The number of carbonyl (C=O) groups excluding carboxylic acids is 1. The fourth-order valence-electron chi connectivity index (χ4n) is 1.90. The standard InChI is InChI=1S/C17H18FNO2/c1-3-9-21-14-6-4-5-13(11-14)19-17(20)15-10-12(2)7-8-16(15)18/h4-8,10-11H,3,9H2,1-2H3,(H,19,20). The average molecular weight is 287 g/mol. The van der Waals surface area contributed by atoms with Crippen molar-refractivity contribution in [3.05, 3.63) is 59.4 Å². The van der Waals surface area contributed by atoms with Crippen LogP contribution >= 0.6 is 0 Å². The van der Waals surface area contributed by atoms with Crippen molar-refractivity contribution in [1.82, 2.24) is 0 Å². The van der Waals surface area contributed by atoms with Gasteiger partial charge in [0.15, 0.2) is 0 Å². The van der Waals surface area contributed by atoms with Crippen LogP contribution < -0.4 is 10.1 Å². The molecule has 0 aliphatic carbocycles. The molecule has 4 heteroatoms. The van der Waals surface area contributed by atoms with Crippen molar-refractivity contribution in [2.45, 2.75) is 20.3 Å². The van der Waals surface area contributed by atoms with Gasteiger partial charge in [-0.15, -0.1) is 0 Å². The number of halogens is 1. The van der Waals surface area contributed by atoms with Crippen LogP contribution in [-0.2, 0) is 0 Å². The van der Waals surface area contributed by atoms with Gasteiger partial charge in [0.25, 0.3) is 5.91 Å². The Bertz CT molecular complexity index is 640. The summed E-state index contributed by atoms with van der Waals surface area (Å²) < 4.78 is 19.2. The lowest BCUT2D eigenvalue weighted by atomic mass is 10.1. The molecule has 2 aromatic carbocycles. The Balaban J connectivity index is 2.14. The van der Waals surface area contributed by atoms with E-state index in [4.69, 9.17) is 4.74 Å². The third kappa shape index (κ3) is 4.05. The molecule has 0 aromatic heterocycles. The molecule has 0 bridgehead atoms. The second kappa shape index (κ2) is 6.88. The van der Waals surface area contributed by atoms with E-state index >= 15 is 0 Å². The third-order valence-corrected chi connectivity index (χ3v) is 2.93. The lowest BCUT2D eigenvalue weighted by molar-refractivity contribution is 0.102. The Labute approximate surface area is 123 Å². The number of aryl methyl sites for hydroxylation is 1. The van der Waals surface area contributed by atoms with Crippen LogP contribution in [0.25, 0.3) is 0 Å². The van der Waals surface area contributed by atoms with E-state index in [1.807, 2.05) is 19.9 Å². The zero-order valence-electron chi connectivity index (χ0n) is 12.2. The van der Waals surface area contributed by atoms with E-state index in [1.54, 1.807) is 24.3 Å². The SMILES string of the molecule is CCCOc1cccc(NC(=O)c2cc(C)ccc2F)c1. The number of hydrogen-bond donors (Lipinski definition) is 1. The molecule has 0 spiro atoms. The van der Waals surface area contributed by atoms with E-state index in [1.165, 1.54) is 12.1 Å². The van der Waals surface area contributed by atoms with Gasteiger partial charge in [-0.25, -0.2) is 4.39 Å². The van der Waals surface area contributed by atoms with E-state index in [-0.39, 0.29) is 5.56 Å². The summed E-state index contributed by atoms with van der Waals surface area (Å²) in [6, 6.07) is 11.5. The van der Waals surface area contributed by atoms with Crippen LogP contribution in [0.2, 0.25) is 0 Å². The number of ether oxygens (including phenoxy) is 1.